The summed E-state index contributed by atoms with van der Waals surface area (Å²) in [6.45, 7) is 2.75. The third kappa shape index (κ3) is 3.52. The van der Waals surface area contributed by atoms with E-state index >= 15 is 0 Å². The van der Waals surface area contributed by atoms with Crippen molar-refractivity contribution < 1.29 is 9.47 Å². The Balaban J connectivity index is 1.83. The van der Waals surface area contributed by atoms with Crippen molar-refractivity contribution in [2.75, 3.05) is 7.11 Å². The van der Waals surface area contributed by atoms with E-state index in [1.165, 1.54) is 12.8 Å². The Morgan fingerprint density at radius 2 is 1.95 bits per heavy atom. The molecule has 0 aliphatic heterocycles. The van der Waals surface area contributed by atoms with Crippen molar-refractivity contribution in [2.45, 2.75) is 32.4 Å². The zero-order valence-electron chi connectivity index (χ0n) is 12.4. The van der Waals surface area contributed by atoms with E-state index < -0.39 is 0 Å². The molecule has 21 heavy (non-hydrogen) atoms. The van der Waals surface area contributed by atoms with E-state index in [0.29, 0.717) is 6.04 Å². The van der Waals surface area contributed by atoms with Crippen LogP contribution in [0.4, 0.5) is 0 Å². The molecule has 1 saturated carbocycles. The molecule has 0 bridgehead atoms. The second-order valence-corrected chi connectivity index (χ2v) is 5.34. The number of para-hydroxylation sites is 2. The van der Waals surface area contributed by atoms with E-state index in [2.05, 4.69) is 10.3 Å². The van der Waals surface area contributed by atoms with Crippen molar-refractivity contribution in [3.05, 3.63) is 47.8 Å². The molecule has 2 aromatic rings. The number of aryl methyl sites for hydroxylation is 1. The van der Waals surface area contributed by atoms with Crippen LogP contribution in [0.5, 0.6) is 17.2 Å². The maximum atomic E-state index is 6.06. The number of pyridine rings is 1. The Kier molecular flexibility index (Phi) is 4.06. The summed E-state index contributed by atoms with van der Waals surface area (Å²) in [6.07, 6.45) is 4.42. The Morgan fingerprint density at radius 1 is 1.19 bits per heavy atom. The number of hydrogen-bond donors (Lipinski definition) is 1. The van der Waals surface area contributed by atoms with Crippen LogP contribution in [-0.4, -0.2) is 18.1 Å². The van der Waals surface area contributed by atoms with Gasteiger partial charge in [0.05, 0.1) is 7.11 Å². The van der Waals surface area contributed by atoms with Gasteiger partial charge in [0.15, 0.2) is 11.5 Å². The lowest BCUT2D eigenvalue weighted by Gasteiger charge is -2.14. The first-order chi connectivity index (χ1) is 10.3. The highest BCUT2D eigenvalue weighted by molar-refractivity contribution is 5.44. The van der Waals surface area contributed by atoms with Gasteiger partial charge in [0, 0.05) is 36.1 Å². The van der Waals surface area contributed by atoms with Crippen molar-refractivity contribution in [2.24, 2.45) is 0 Å². The minimum atomic E-state index is 0.658. The second-order valence-electron chi connectivity index (χ2n) is 5.34. The summed E-state index contributed by atoms with van der Waals surface area (Å²) < 4.78 is 11.4. The van der Waals surface area contributed by atoms with Gasteiger partial charge in [-0.25, -0.2) is 0 Å². The Labute approximate surface area is 125 Å². The summed E-state index contributed by atoms with van der Waals surface area (Å²) in [5, 5.41) is 3.50. The van der Waals surface area contributed by atoms with Crippen molar-refractivity contribution in [3.63, 3.8) is 0 Å². The largest absolute Gasteiger partial charge is 0.493 e. The van der Waals surface area contributed by atoms with Crippen LogP contribution in [0.1, 0.15) is 24.1 Å². The molecule has 0 spiro atoms. The number of aromatic nitrogens is 1. The van der Waals surface area contributed by atoms with Gasteiger partial charge in [-0.1, -0.05) is 12.1 Å². The van der Waals surface area contributed by atoms with Crippen LogP contribution < -0.4 is 14.8 Å². The summed E-state index contributed by atoms with van der Waals surface area (Å²) in [6, 6.07) is 10.3. The van der Waals surface area contributed by atoms with Crippen LogP contribution in [0.3, 0.4) is 0 Å². The summed E-state index contributed by atoms with van der Waals surface area (Å²) in [5.74, 6) is 2.28. The van der Waals surface area contributed by atoms with E-state index in [0.717, 1.165) is 35.1 Å². The van der Waals surface area contributed by atoms with Crippen LogP contribution in [0.25, 0.3) is 0 Å². The highest BCUT2D eigenvalue weighted by atomic mass is 16.5. The molecule has 1 aliphatic rings. The number of ether oxygens (including phenoxy) is 2. The van der Waals surface area contributed by atoms with Gasteiger partial charge >= 0.3 is 0 Å². The number of benzene rings is 1. The predicted octanol–water partition coefficient (Wildman–Crippen LogP) is 3.44. The Hall–Kier alpha value is -2.07. The zero-order valence-corrected chi connectivity index (χ0v) is 12.4. The van der Waals surface area contributed by atoms with Crippen molar-refractivity contribution in [3.8, 4) is 17.2 Å². The third-order valence-electron chi connectivity index (χ3n) is 3.53. The SMILES string of the molecule is COc1ccccc1Oc1cc(C)ncc1CNC1CC1. The highest BCUT2D eigenvalue weighted by Crippen LogP contribution is 2.33. The summed E-state index contributed by atoms with van der Waals surface area (Å²) >= 11 is 0. The second kappa shape index (κ2) is 6.14. The minimum absolute atomic E-state index is 0.658. The molecule has 0 radical (unpaired) electrons. The fraction of sp³-hybridized carbons (Fsp3) is 0.353. The van der Waals surface area contributed by atoms with Crippen LogP contribution in [0, 0.1) is 6.92 Å². The highest BCUT2D eigenvalue weighted by Gasteiger charge is 2.21. The fourth-order valence-corrected chi connectivity index (χ4v) is 2.15. The van der Waals surface area contributed by atoms with Gasteiger partial charge in [-0.3, -0.25) is 4.98 Å². The van der Waals surface area contributed by atoms with Crippen molar-refractivity contribution >= 4 is 0 Å². The standard InChI is InChI=1S/C17H20N2O2/c1-12-9-17(13(10-18-12)11-19-14-7-8-14)21-16-6-4-3-5-15(16)20-2/h3-6,9-10,14,19H,7-8,11H2,1-2H3. The number of methoxy groups -OCH3 is 1. The smallest absolute Gasteiger partial charge is 0.169 e. The van der Waals surface area contributed by atoms with Crippen LogP contribution in [0.2, 0.25) is 0 Å². The number of nitrogens with one attached hydrogen (secondary N) is 1. The molecule has 0 saturated heterocycles. The summed E-state index contributed by atoms with van der Waals surface area (Å²) in [4.78, 5) is 4.37. The third-order valence-corrected chi connectivity index (χ3v) is 3.53. The molecule has 4 nitrogen and oxygen atoms in total. The first kappa shape index (κ1) is 13.9. The average Bonchev–Trinajstić information content (AvgIpc) is 3.31. The summed E-state index contributed by atoms with van der Waals surface area (Å²) in [7, 11) is 1.65. The first-order valence-electron chi connectivity index (χ1n) is 7.26. The van der Waals surface area contributed by atoms with Gasteiger partial charge in [0.1, 0.15) is 5.75 Å². The number of nitrogens with zero attached hydrogens (tertiary/aromatic N) is 1. The Morgan fingerprint density at radius 3 is 2.67 bits per heavy atom. The van der Waals surface area contributed by atoms with E-state index in [1.807, 2.05) is 43.5 Å². The lowest BCUT2D eigenvalue weighted by molar-refractivity contribution is 0.377. The van der Waals surface area contributed by atoms with E-state index in [1.54, 1.807) is 7.11 Å². The van der Waals surface area contributed by atoms with Gasteiger partial charge in [0.25, 0.3) is 0 Å². The van der Waals surface area contributed by atoms with E-state index in [9.17, 15) is 0 Å². The lowest BCUT2D eigenvalue weighted by atomic mass is 10.2. The maximum Gasteiger partial charge on any atom is 0.169 e. The molecule has 1 aromatic carbocycles. The van der Waals surface area contributed by atoms with Crippen LogP contribution in [-0.2, 0) is 6.54 Å². The minimum Gasteiger partial charge on any atom is -0.493 e. The average molecular weight is 284 g/mol. The molecule has 110 valence electrons. The predicted molar refractivity (Wildman–Crippen MR) is 81.9 cm³/mol. The molecular formula is C17H20N2O2. The molecular weight excluding hydrogens is 264 g/mol. The molecule has 0 amide bonds. The van der Waals surface area contributed by atoms with E-state index in [-0.39, 0.29) is 0 Å². The molecule has 1 aliphatic carbocycles. The normalized spacial score (nSPS) is 14.0. The summed E-state index contributed by atoms with van der Waals surface area (Å²) in [5.41, 5.74) is 2.01. The van der Waals surface area contributed by atoms with Gasteiger partial charge in [-0.15, -0.1) is 0 Å². The zero-order chi connectivity index (χ0) is 14.7. The lowest BCUT2D eigenvalue weighted by Crippen LogP contribution is -2.16. The van der Waals surface area contributed by atoms with Gasteiger partial charge in [-0.2, -0.15) is 0 Å². The fourth-order valence-electron chi connectivity index (χ4n) is 2.15. The van der Waals surface area contributed by atoms with Crippen LogP contribution in [0.15, 0.2) is 36.5 Å². The maximum absolute atomic E-state index is 6.06. The molecule has 0 atom stereocenters. The van der Waals surface area contributed by atoms with Crippen molar-refractivity contribution in [1.82, 2.24) is 10.3 Å². The molecule has 1 fully saturated rings. The first-order valence-corrected chi connectivity index (χ1v) is 7.26. The Bertz CT molecular complexity index is 624. The molecule has 1 aromatic heterocycles. The van der Waals surface area contributed by atoms with Gasteiger partial charge < -0.3 is 14.8 Å². The van der Waals surface area contributed by atoms with Crippen molar-refractivity contribution in [1.29, 1.82) is 0 Å². The monoisotopic (exact) mass is 284 g/mol. The topological polar surface area (TPSA) is 43.4 Å². The quantitative estimate of drug-likeness (QED) is 0.882. The molecule has 0 unspecified atom stereocenters. The number of rotatable bonds is 6. The molecule has 1 heterocycles. The molecule has 1 N–H and O–H groups in total. The molecule has 3 rings (SSSR count). The van der Waals surface area contributed by atoms with Gasteiger partial charge in [0.2, 0.25) is 0 Å². The van der Waals surface area contributed by atoms with Crippen LogP contribution >= 0.6 is 0 Å². The van der Waals surface area contributed by atoms with Gasteiger partial charge in [-0.05, 0) is 31.9 Å². The van der Waals surface area contributed by atoms with E-state index in [4.69, 9.17) is 9.47 Å². The number of hydrogen-bond acceptors (Lipinski definition) is 4. The molecule has 4 heteroatoms.